The summed E-state index contributed by atoms with van der Waals surface area (Å²) in [5.41, 5.74) is 19.1. The largest absolute Gasteiger partial charge is 0.310 e. The first-order valence-corrected chi connectivity index (χ1v) is 23.3. The fourth-order valence-electron chi connectivity index (χ4n) is 11.6. The molecule has 1 nitrogen and oxygen atoms in total. The summed E-state index contributed by atoms with van der Waals surface area (Å²) in [6.45, 7) is 9.49. The van der Waals surface area contributed by atoms with Crippen LogP contribution in [0.1, 0.15) is 49.9 Å². The van der Waals surface area contributed by atoms with Crippen LogP contribution in [0.2, 0.25) is 0 Å². The van der Waals surface area contributed by atoms with Gasteiger partial charge in [0.15, 0.2) is 0 Å². The van der Waals surface area contributed by atoms with Crippen molar-refractivity contribution in [2.75, 3.05) is 4.90 Å². The Morgan fingerprint density at radius 1 is 0.328 bits per heavy atom. The molecule has 0 saturated carbocycles. The van der Waals surface area contributed by atoms with Gasteiger partial charge in [0.1, 0.15) is 0 Å². The van der Waals surface area contributed by atoms with E-state index in [1.54, 1.807) is 0 Å². The maximum Gasteiger partial charge on any atom is 0.0465 e. The van der Waals surface area contributed by atoms with E-state index in [4.69, 9.17) is 0 Å². The first-order valence-electron chi connectivity index (χ1n) is 22.5. The average Bonchev–Trinajstić information content (AvgIpc) is 3.91. The van der Waals surface area contributed by atoms with Gasteiger partial charge in [0.2, 0.25) is 0 Å². The van der Waals surface area contributed by atoms with Gasteiger partial charge in [-0.1, -0.05) is 179 Å². The normalized spacial score (nSPS) is 14.2. The molecule has 10 aromatic carbocycles. The molecule has 64 heavy (non-hydrogen) atoms. The van der Waals surface area contributed by atoms with Gasteiger partial charge in [-0.15, -0.1) is 11.3 Å². The molecular weight excluding hydrogens is 791 g/mol. The van der Waals surface area contributed by atoms with Crippen LogP contribution in [0.4, 0.5) is 17.1 Å². The van der Waals surface area contributed by atoms with E-state index in [0.29, 0.717) is 0 Å². The van der Waals surface area contributed by atoms with Gasteiger partial charge in [-0.2, -0.15) is 0 Å². The number of fused-ring (bicyclic) bond motifs is 11. The number of rotatable bonds is 5. The Hall–Kier alpha value is -7.26. The van der Waals surface area contributed by atoms with Crippen molar-refractivity contribution < 1.29 is 0 Å². The van der Waals surface area contributed by atoms with Crippen LogP contribution >= 0.6 is 11.3 Å². The van der Waals surface area contributed by atoms with Crippen LogP contribution in [-0.4, -0.2) is 0 Å². The minimum atomic E-state index is -0.116. The second kappa shape index (κ2) is 13.6. The van der Waals surface area contributed by atoms with E-state index in [1.165, 1.54) is 108 Å². The summed E-state index contributed by atoms with van der Waals surface area (Å²) >= 11 is 1.88. The molecule has 13 rings (SSSR count). The molecule has 0 amide bonds. The number of thiophene rings is 1. The van der Waals surface area contributed by atoms with Crippen LogP contribution < -0.4 is 4.90 Å². The molecule has 0 N–H and O–H groups in total. The third-order valence-electron chi connectivity index (χ3n) is 14.7. The molecule has 2 heteroatoms. The number of hydrogen-bond acceptors (Lipinski definition) is 2. The smallest absolute Gasteiger partial charge is 0.0465 e. The predicted octanol–water partition coefficient (Wildman–Crippen LogP) is 17.8. The highest BCUT2D eigenvalue weighted by molar-refractivity contribution is 7.26. The van der Waals surface area contributed by atoms with Crippen molar-refractivity contribution in [2.45, 2.75) is 38.5 Å². The monoisotopic (exact) mass is 835 g/mol. The van der Waals surface area contributed by atoms with Crippen molar-refractivity contribution in [2.24, 2.45) is 0 Å². The molecular formula is C62H45NS. The molecule has 304 valence electrons. The van der Waals surface area contributed by atoms with Crippen molar-refractivity contribution in [1.29, 1.82) is 0 Å². The van der Waals surface area contributed by atoms with Crippen LogP contribution in [0.15, 0.2) is 200 Å². The summed E-state index contributed by atoms with van der Waals surface area (Å²) in [6.07, 6.45) is 0. The Balaban J connectivity index is 0.997. The van der Waals surface area contributed by atoms with Gasteiger partial charge in [-0.05, 0) is 137 Å². The Morgan fingerprint density at radius 3 is 1.31 bits per heavy atom. The summed E-state index contributed by atoms with van der Waals surface area (Å²) in [6, 6.07) is 75.3. The van der Waals surface area contributed by atoms with Crippen molar-refractivity contribution >= 4 is 70.1 Å². The highest BCUT2D eigenvalue weighted by Gasteiger charge is 2.38. The fourth-order valence-corrected chi connectivity index (χ4v) is 12.7. The van der Waals surface area contributed by atoms with E-state index in [1.807, 2.05) is 11.3 Å². The first-order chi connectivity index (χ1) is 31.3. The minimum Gasteiger partial charge on any atom is -0.310 e. The van der Waals surface area contributed by atoms with Crippen molar-refractivity contribution in [3.63, 3.8) is 0 Å². The minimum absolute atomic E-state index is 0.116. The van der Waals surface area contributed by atoms with Gasteiger partial charge in [0.05, 0.1) is 0 Å². The van der Waals surface area contributed by atoms with E-state index < -0.39 is 0 Å². The second-order valence-corrected chi connectivity index (χ2v) is 19.9. The molecule has 1 heterocycles. The molecule has 2 aliphatic rings. The van der Waals surface area contributed by atoms with E-state index >= 15 is 0 Å². The first kappa shape index (κ1) is 37.3. The van der Waals surface area contributed by atoms with Crippen molar-refractivity contribution in [1.82, 2.24) is 0 Å². The highest BCUT2D eigenvalue weighted by atomic mass is 32.1. The van der Waals surface area contributed by atoms with Gasteiger partial charge in [0, 0.05) is 48.1 Å². The lowest BCUT2D eigenvalue weighted by Crippen LogP contribution is -2.18. The van der Waals surface area contributed by atoms with E-state index in [-0.39, 0.29) is 10.8 Å². The van der Waals surface area contributed by atoms with Gasteiger partial charge in [-0.25, -0.2) is 0 Å². The molecule has 1 aromatic heterocycles. The number of hydrogen-bond donors (Lipinski definition) is 0. The topological polar surface area (TPSA) is 3.24 Å². The van der Waals surface area contributed by atoms with Gasteiger partial charge in [-0.3, -0.25) is 0 Å². The SMILES string of the molecule is CC1(C)c2ccccc2-c2ccc(N(c3ccc(-c4c5ccccc5c(-c5cccc6sc7ccccc7c56)c5ccccc45)cc3)c3ccc4c(c3)C(C)(C)c3ccccc3-4)cc21. The van der Waals surface area contributed by atoms with Crippen molar-refractivity contribution in [3.05, 3.63) is 222 Å². The number of benzene rings is 10. The lowest BCUT2D eigenvalue weighted by molar-refractivity contribution is 0.660. The Labute approximate surface area is 378 Å². The number of nitrogens with zero attached hydrogens (tertiary/aromatic N) is 1. The van der Waals surface area contributed by atoms with E-state index in [0.717, 1.165) is 17.1 Å². The highest BCUT2D eigenvalue weighted by Crippen LogP contribution is 2.54. The van der Waals surface area contributed by atoms with Gasteiger partial charge < -0.3 is 4.90 Å². The Bertz CT molecular complexity index is 3570. The summed E-state index contributed by atoms with van der Waals surface area (Å²) < 4.78 is 2.65. The molecule has 0 bridgehead atoms. The average molecular weight is 836 g/mol. The number of anilines is 3. The Kier molecular flexibility index (Phi) is 7.94. The molecule has 0 radical (unpaired) electrons. The van der Waals surface area contributed by atoms with Crippen molar-refractivity contribution in [3.8, 4) is 44.5 Å². The van der Waals surface area contributed by atoms with Crippen LogP contribution in [0.5, 0.6) is 0 Å². The fraction of sp³-hybridized carbons (Fsp3) is 0.0968. The quantitative estimate of drug-likeness (QED) is 0.156. The lowest BCUT2D eigenvalue weighted by Gasteiger charge is -2.30. The third kappa shape index (κ3) is 5.24. The van der Waals surface area contributed by atoms with Crippen LogP contribution in [0.3, 0.4) is 0 Å². The molecule has 0 fully saturated rings. The van der Waals surface area contributed by atoms with Crippen LogP contribution in [-0.2, 0) is 10.8 Å². The maximum absolute atomic E-state index is 2.48. The maximum atomic E-state index is 2.48. The van der Waals surface area contributed by atoms with Gasteiger partial charge in [0.25, 0.3) is 0 Å². The Morgan fingerprint density at radius 2 is 0.750 bits per heavy atom. The van der Waals surface area contributed by atoms with Crippen LogP contribution in [0, 0.1) is 0 Å². The predicted molar refractivity (Wildman–Crippen MR) is 275 cm³/mol. The zero-order chi connectivity index (χ0) is 42.9. The standard InChI is InChI=1S/C62H45NS/c1-61(2)52-24-12-9-16-42(52)44-34-32-40(36-54(44)61)63(41-33-35-45-43-17-10-13-25-53(43)62(3,4)55(45)37-41)39-30-28-38(29-31-39)58-46-18-5-7-20-48(46)59(49-21-8-6-19-47(49)58)51-23-15-27-57-60(51)50-22-11-14-26-56(50)64-57/h5-37H,1-4H3. The summed E-state index contributed by atoms with van der Waals surface area (Å²) in [5, 5.41) is 7.73. The van der Waals surface area contributed by atoms with E-state index in [9.17, 15) is 0 Å². The summed E-state index contributed by atoms with van der Waals surface area (Å²) in [7, 11) is 0. The molecule has 0 aliphatic heterocycles. The molecule has 0 atom stereocenters. The molecule has 0 saturated heterocycles. The molecule has 11 aromatic rings. The van der Waals surface area contributed by atoms with Crippen LogP contribution in [0.25, 0.3) is 86.2 Å². The molecule has 0 spiro atoms. The van der Waals surface area contributed by atoms with E-state index in [2.05, 4.69) is 233 Å². The second-order valence-electron chi connectivity index (χ2n) is 18.8. The zero-order valence-corrected chi connectivity index (χ0v) is 37.2. The molecule has 0 unspecified atom stereocenters. The van der Waals surface area contributed by atoms with Gasteiger partial charge >= 0.3 is 0 Å². The molecule has 2 aliphatic carbocycles. The third-order valence-corrected chi connectivity index (χ3v) is 15.8. The summed E-state index contributed by atoms with van der Waals surface area (Å²) in [4.78, 5) is 2.48. The lowest BCUT2D eigenvalue weighted by atomic mass is 9.82. The summed E-state index contributed by atoms with van der Waals surface area (Å²) in [5.74, 6) is 0. The zero-order valence-electron chi connectivity index (χ0n) is 36.4.